The predicted molar refractivity (Wildman–Crippen MR) is 98.1 cm³/mol. The quantitative estimate of drug-likeness (QED) is 0.663. The molecule has 2 heterocycles. The second-order valence-corrected chi connectivity index (χ2v) is 6.33. The molecule has 134 valence electrons. The van der Waals surface area contributed by atoms with E-state index in [1.807, 2.05) is 30.3 Å². The van der Waals surface area contributed by atoms with E-state index in [-0.39, 0.29) is 36.8 Å². The third-order valence-corrected chi connectivity index (χ3v) is 4.26. The number of thiazole rings is 1. The summed E-state index contributed by atoms with van der Waals surface area (Å²) < 4.78 is 7.08. The van der Waals surface area contributed by atoms with Crippen LogP contribution in [0.5, 0.6) is 5.75 Å². The van der Waals surface area contributed by atoms with E-state index in [9.17, 15) is 14.7 Å². The Morgan fingerprint density at radius 1 is 1.31 bits per heavy atom. The number of ether oxygens (including phenoxy) is 1. The zero-order chi connectivity index (χ0) is 18.4. The molecule has 0 unspecified atom stereocenters. The third kappa shape index (κ3) is 4.56. The smallest absolute Gasteiger partial charge is 0.246 e. The van der Waals surface area contributed by atoms with E-state index in [0.717, 1.165) is 5.56 Å². The fourth-order valence-electron chi connectivity index (χ4n) is 2.32. The number of amides is 1. The SMILES string of the molecule is O=C(Cn1cc(OCc2ccccc2)c(=O)cc1CO)Nc1nccs1. The van der Waals surface area contributed by atoms with Gasteiger partial charge in [-0.1, -0.05) is 30.3 Å². The monoisotopic (exact) mass is 371 g/mol. The number of hydrogen-bond donors (Lipinski definition) is 2. The number of aliphatic hydroxyl groups excluding tert-OH is 1. The van der Waals surface area contributed by atoms with Crippen molar-refractivity contribution < 1.29 is 14.6 Å². The number of aromatic nitrogens is 2. The fraction of sp³-hybridized carbons (Fsp3) is 0.167. The van der Waals surface area contributed by atoms with Gasteiger partial charge < -0.3 is 19.7 Å². The van der Waals surface area contributed by atoms with Gasteiger partial charge in [-0.05, 0) is 5.56 Å². The molecule has 7 nitrogen and oxygen atoms in total. The minimum absolute atomic E-state index is 0.0720. The summed E-state index contributed by atoms with van der Waals surface area (Å²) >= 11 is 1.31. The van der Waals surface area contributed by atoms with Gasteiger partial charge in [0.25, 0.3) is 0 Å². The topological polar surface area (TPSA) is 93.5 Å². The lowest BCUT2D eigenvalue weighted by Gasteiger charge is -2.14. The molecular weight excluding hydrogens is 354 g/mol. The number of aliphatic hydroxyl groups is 1. The number of anilines is 1. The summed E-state index contributed by atoms with van der Waals surface area (Å²) in [5.41, 5.74) is 0.907. The van der Waals surface area contributed by atoms with Crippen molar-refractivity contribution in [1.29, 1.82) is 0 Å². The molecule has 0 aliphatic carbocycles. The van der Waals surface area contributed by atoms with Gasteiger partial charge in [-0.25, -0.2) is 4.98 Å². The second-order valence-electron chi connectivity index (χ2n) is 5.44. The van der Waals surface area contributed by atoms with Crippen LogP contribution in [0.15, 0.2) is 59.0 Å². The first-order chi connectivity index (χ1) is 12.7. The number of rotatable bonds is 7. The lowest BCUT2D eigenvalue weighted by atomic mass is 10.2. The minimum Gasteiger partial charge on any atom is -0.483 e. The molecule has 1 amide bonds. The normalized spacial score (nSPS) is 10.5. The van der Waals surface area contributed by atoms with E-state index in [1.165, 1.54) is 28.2 Å². The van der Waals surface area contributed by atoms with Crippen molar-refractivity contribution in [2.45, 2.75) is 19.8 Å². The molecule has 26 heavy (non-hydrogen) atoms. The van der Waals surface area contributed by atoms with Crippen molar-refractivity contribution in [3.05, 3.63) is 75.7 Å². The van der Waals surface area contributed by atoms with Gasteiger partial charge >= 0.3 is 0 Å². The van der Waals surface area contributed by atoms with Crippen LogP contribution in [-0.4, -0.2) is 20.6 Å². The van der Waals surface area contributed by atoms with E-state index >= 15 is 0 Å². The van der Waals surface area contributed by atoms with Gasteiger partial charge in [-0.3, -0.25) is 9.59 Å². The average molecular weight is 371 g/mol. The van der Waals surface area contributed by atoms with Gasteiger partial charge in [-0.15, -0.1) is 11.3 Å². The van der Waals surface area contributed by atoms with E-state index in [2.05, 4.69) is 10.3 Å². The molecule has 0 radical (unpaired) electrons. The highest BCUT2D eigenvalue weighted by molar-refractivity contribution is 7.13. The number of benzene rings is 1. The molecular formula is C18H17N3O4S. The molecule has 0 saturated heterocycles. The minimum atomic E-state index is -0.362. The Bertz CT molecular complexity index is 923. The van der Waals surface area contributed by atoms with Gasteiger partial charge in [0.05, 0.1) is 12.8 Å². The summed E-state index contributed by atoms with van der Waals surface area (Å²) in [6, 6.07) is 10.7. The van der Waals surface area contributed by atoms with Crippen LogP contribution < -0.4 is 15.5 Å². The summed E-state index contributed by atoms with van der Waals surface area (Å²) in [7, 11) is 0. The first-order valence-electron chi connectivity index (χ1n) is 7.86. The van der Waals surface area contributed by atoms with Crippen LogP contribution in [0.25, 0.3) is 0 Å². The molecule has 1 aromatic carbocycles. The number of hydrogen-bond acceptors (Lipinski definition) is 6. The van der Waals surface area contributed by atoms with Crippen molar-refractivity contribution in [2.24, 2.45) is 0 Å². The zero-order valence-electron chi connectivity index (χ0n) is 13.8. The first kappa shape index (κ1) is 17.8. The first-order valence-corrected chi connectivity index (χ1v) is 8.74. The number of carbonyl (C=O) groups is 1. The van der Waals surface area contributed by atoms with Crippen LogP contribution in [0.1, 0.15) is 11.3 Å². The lowest BCUT2D eigenvalue weighted by Crippen LogP contribution is -2.23. The van der Waals surface area contributed by atoms with Crippen molar-refractivity contribution in [2.75, 3.05) is 5.32 Å². The van der Waals surface area contributed by atoms with Crippen molar-refractivity contribution in [3.63, 3.8) is 0 Å². The molecule has 0 fully saturated rings. The van der Waals surface area contributed by atoms with Crippen LogP contribution in [0.4, 0.5) is 5.13 Å². The van der Waals surface area contributed by atoms with E-state index in [0.29, 0.717) is 10.8 Å². The molecule has 0 aliphatic heterocycles. The van der Waals surface area contributed by atoms with Gasteiger partial charge in [-0.2, -0.15) is 0 Å². The van der Waals surface area contributed by atoms with Gasteiger partial charge in [0.1, 0.15) is 13.2 Å². The Morgan fingerprint density at radius 3 is 2.81 bits per heavy atom. The number of nitrogens with one attached hydrogen (secondary N) is 1. The van der Waals surface area contributed by atoms with Gasteiger partial charge in [0, 0.05) is 23.3 Å². The number of pyridine rings is 1. The average Bonchev–Trinajstić information content (AvgIpc) is 3.15. The summed E-state index contributed by atoms with van der Waals surface area (Å²) in [4.78, 5) is 28.3. The molecule has 2 N–H and O–H groups in total. The van der Waals surface area contributed by atoms with Crippen molar-refractivity contribution in [1.82, 2.24) is 9.55 Å². The molecule has 0 aliphatic rings. The maximum atomic E-state index is 12.2. The Kier molecular flexibility index (Phi) is 5.77. The van der Waals surface area contributed by atoms with Crippen LogP contribution in [0.2, 0.25) is 0 Å². The molecule has 0 saturated carbocycles. The van der Waals surface area contributed by atoms with Crippen molar-refractivity contribution >= 4 is 22.4 Å². The van der Waals surface area contributed by atoms with Crippen LogP contribution in [0, 0.1) is 0 Å². The molecule has 8 heteroatoms. The Hall–Kier alpha value is -2.97. The third-order valence-electron chi connectivity index (χ3n) is 3.57. The summed E-state index contributed by atoms with van der Waals surface area (Å²) in [6.45, 7) is -0.198. The molecule has 3 aromatic rings. The number of nitrogens with zero attached hydrogens (tertiary/aromatic N) is 2. The molecule has 3 rings (SSSR count). The highest BCUT2D eigenvalue weighted by Gasteiger charge is 2.12. The summed E-state index contributed by atoms with van der Waals surface area (Å²) in [5.74, 6) is -0.194. The second kappa shape index (κ2) is 8.41. The Morgan fingerprint density at radius 2 is 2.12 bits per heavy atom. The van der Waals surface area contributed by atoms with Crippen LogP contribution in [0.3, 0.4) is 0 Å². The largest absolute Gasteiger partial charge is 0.483 e. The number of carbonyl (C=O) groups excluding carboxylic acids is 1. The fourth-order valence-corrected chi connectivity index (χ4v) is 2.86. The molecule has 2 aromatic heterocycles. The Balaban J connectivity index is 1.75. The lowest BCUT2D eigenvalue weighted by molar-refractivity contribution is -0.116. The van der Waals surface area contributed by atoms with E-state index < -0.39 is 0 Å². The Labute approximate surface area is 153 Å². The zero-order valence-corrected chi connectivity index (χ0v) is 14.6. The van der Waals surface area contributed by atoms with E-state index in [1.54, 1.807) is 11.6 Å². The van der Waals surface area contributed by atoms with Gasteiger partial charge in [0.15, 0.2) is 10.9 Å². The predicted octanol–water partition coefficient (Wildman–Crippen LogP) is 2.01. The molecule has 0 spiro atoms. The highest BCUT2D eigenvalue weighted by atomic mass is 32.1. The standard InChI is InChI=1S/C18H17N3O4S/c22-11-14-8-15(23)16(25-12-13-4-2-1-3-5-13)9-21(14)10-17(24)20-18-19-6-7-26-18/h1-9,22H,10-12H2,(H,19,20,24). The van der Waals surface area contributed by atoms with Crippen LogP contribution >= 0.6 is 11.3 Å². The van der Waals surface area contributed by atoms with Gasteiger partial charge in [0.2, 0.25) is 11.3 Å². The van der Waals surface area contributed by atoms with Crippen LogP contribution in [-0.2, 0) is 24.6 Å². The maximum absolute atomic E-state index is 12.2. The molecule has 0 atom stereocenters. The van der Waals surface area contributed by atoms with E-state index in [4.69, 9.17) is 4.74 Å². The molecule has 0 bridgehead atoms. The maximum Gasteiger partial charge on any atom is 0.246 e. The summed E-state index contributed by atoms with van der Waals surface area (Å²) in [5, 5.41) is 14.4. The highest BCUT2D eigenvalue weighted by Crippen LogP contribution is 2.13. The summed E-state index contributed by atoms with van der Waals surface area (Å²) in [6.07, 6.45) is 3.03. The van der Waals surface area contributed by atoms with Crippen molar-refractivity contribution in [3.8, 4) is 5.75 Å².